The second-order valence-corrected chi connectivity index (χ2v) is 6.82. The highest BCUT2D eigenvalue weighted by molar-refractivity contribution is 5.35. The Balaban J connectivity index is 1.58. The SMILES string of the molecule is CCCNCC1CCCC1Cc1ccc2c(c1)CCC2. The molecule has 0 amide bonds. The van der Waals surface area contributed by atoms with Crippen molar-refractivity contribution in [2.45, 2.75) is 58.3 Å². The van der Waals surface area contributed by atoms with Gasteiger partial charge in [-0.25, -0.2) is 0 Å². The fourth-order valence-electron chi connectivity index (χ4n) is 4.17. The summed E-state index contributed by atoms with van der Waals surface area (Å²) >= 11 is 0. The van der Waals surface area contributed by atoms with Crippen molar-refractivity contribution < 1.29 is 0 Å². The molecule has 0 aromatic heterocycles. The van der Waals surface area contributed by atoms with E-state index < -0.39 is 0 Å². The lowest BCUT2D eigenvalue weighted by molar-refractivity contribution is 0.365. The predicted molar refractivity (Wildman–Crippen MR) is 86.2 cm³/mol. The number of hydrogen-bond acceptors (Lipinski definition) is 1. The number of fused-ring (bicyclic) bond motifs is 1. The molecule has 0 aliphatic heterocycles. The predicted octanol–water partition coefficient (Wildman–Crippen LogP) is 4.13. The number of rotatable bonds is 6. The van der Waals surface area contributed by atoms with Crippen LogP contribution in [-0.4, -0.2) is 13.1 Å². The van der Waals surface area contributed by atoms with Gasteiger partial charge in [0.05, 0.1) is 0 Å². The van der Waals surface area contributed by atoms with Crippen LogP contribution in [-0.2, 0) is 19.3 Å². The van der Waals surface area contributed by atoms with E-state index in [1.165, 1.54) is 64.5 Å². The van der Waals surface area contributed by atoms with E-state index in [9.17, 15) is 0 Å². The summed E-state index contributed by atoms with van der Waals surface area (Å²) in [6.07, 6.45) is 10.9. The number of nitrogens with one attached hydrogen (secondary N) is 1. The third-order valence-electron chi connectivity index (χ3n) is 5.31. The molecule has 2 unspecified atom stereocenters. The lowest BCUT2D eigenvalue weighted by Crippen LogP contribution is -2.26. The molecule has 0 bridgehead atoms. The van der Waals surface area contributed by atoms with Crippen molar-refractivity contribution in [1.82, 2.24) is 5.32 Å². The number of aryl methyl sites for hydroxylation is 2. The largest absolute Gasteiger partial charge is 0.316 e. The Kier molecular flexibility index (Phi) is 4.77. The smallest absolute Gasteiger partial charge is 0.00178 e. The summed E-state index contributed by atoms with van der Waals surface area (Å²) in [6, 6.07) is 7.31. The second kappa shape index (κ2) is 6.76. The Morgan fingerprint density at radius 3 is 2.80 bits per heavy atom. The van der Waals surface area contributed by atoms with Crippen LogP contribution in [0.3, 0.4) is 0 Å². The number of benzene rings is 1. The summed E-state index contributed by atoms with van der Waals surface area (Å²) in [4.78, 5) is 0. The van der Waals surface area contributed by atoms with E-state index >= 15 is 0 Å². The van der Waals surface area contributed by atoms with Gasteiger partial charge in [-0.15, -0.1) is 0 Å². The molecule has 1 heteroatoms. The Morgan fingerprint density at radius 2 is 1.90 bits per heavy atom. The minimum atomic E-state index is 0.912. The molecule has 2 aliphatic rings. The molecule has 0 saturated heterocycles. The van der Waals surface area contributed by atoms with Gasteiger partial charge in [-0.05, 0) is 86.6 Å². The van der Waals surface area contributed by atoms with E-state index in [4.69, 9.17) is 0 Å². The molecular formula is C19H29N. The van der Waals surface area contributed by atoms with Crippen molar-refractivity contribution in [2.75, 3.05) is 13.1 Å². The third-order valence-corrected chi connectivity index (χ3v) is 5.31. The first-order chi connectivity index (χ1) is 9.86. The van der Waals surface area contributed by atoms with Crippen molar-refractivity contribution in [2.24, 2.45) is 11.8 Å². The minimum absolute atomic E-state index is 0.912. The molecule has 1 nitrogen and oxygen atoms in total. The van der Waals surface area contributed by atoms with E-state index in [-0.39, 0.29) is 0 Å². The molecule has 2 atom stereocenters. The molecule has 20 heavy (non-hydrogen) atoms. The zero-order chi connectivity index (χ0) is 13.8. The molecule has 0 heterocycles. The summed E-state index contributed by atoms with van der Waals surface area (Å²) < 4.78 is 0. The highest BCUT2D eigenvalue weighted by Gasteiger charge is 2.27. The van der Waals surface area contributed by atoms with Gasteiger partial charge in [0.15, 0.2) is 0 Å². The number of hydrogen-bond donors (Lipinski definition) is 1. The topological polar surface area (TPSA) is 12.0 Å². The average molecular weight is 271 g/mol. The van der Waals surface area contributed by atoms with Crippen LogP contribution in [0.5, 0.6) is 0 Å². The van der Waals surface area contributed by atoms with Crippen LogP contribution in [0.4, 0.5) is 0 Å². The Hall–Kier alpha value is -0.820. The minimum Gasteiger partial charge on any atom is -0.316 e. The molecule has 0 radical (unpaired) electrons. The zero-order valence-electron chi connectivity index (χ0n) is 13.0. The normalized spacial score (nSPS) is 25.1. The quantitative estimate of drug-likeness (QED) is 0.767. The van der Waals surface area contributed by atoms with Crippen molar-refractivity contribution in [3.63, 3.8) is 0 Å². The summed E-state index contributed by atoms with van der Waals surface area (Å²) in [7, 11) is 0. The molecule has 110 valence electrons. The van der Waals surface area contributed by atoms with Crippen molar-refractivity contribution in [3.05, 3.63) is 34.9 Å². The molecule has 1 aromatic rings. The van der Waals surface area contributed by atoms with Gasteiger partial charge in [0, 0.05) is 0 Å². The van der Waals surface area contributed by atoms with Gasteiger partial charge in [-0.3, -0.25) is 0 Å². The van der Waals surface area contributed by atoms with Crippen molar-refractivity contribution >= 4 is 0 Å². The zero-order valence-corrected chi connectivity index (χ0v) is 13.0. The van der Waals surface area contributed by atoms with E-state index in [0.29, 0.717) is 0 Å². The van der Waals surface area contributed by atoms with Gasteiger partial charge in [-0.2, -0.15) is 0 Å². The molecule has 1 N–H and O–H groups in total. The van der Waals surface area contributed by atoms with Gasteiger partial charge in [0.25, 0.3) is 0 Å². The lowest BCUT2D eigenvalue weighted by Gasteiger charge is -2.20. The first kappa shape index (κ1) is 14.1. The van der Waals surface area contributed by atoms with Crippen LogP contribution in [0.2, 0.25) is 0 Å². The van der Waals surface area contributed by atoms with Crippen LogP contribution in [0.15, 0.2) is 18.2 Å². The summed E-state index contributed by atoms with van der Waals surface area (Å²) in [5.41, 5.74) is 4.85. The fraction of sp³-hybridized carbons (Fsp3) is 0.684. The summed E-state index contributed by atoms with van der Waals surface area (Å²) in [5, 5.41) is 3.63. The van der Waals surface area contributed by atoms with Gasteiger partial charge in [-0.1, -0.05) is 31.5 Å². The van der Waals surface area contributed by atoms with E-state index in [0.717, 1.165) is 11.8 Å². The van der Waals surface area contributed by atoms with Gasteiger partial charge in [0.2, 0.25) is 0 Å². The Bertz CT molecular complexity index is 437. The van der Waals surface area contributed by atoms with Gasteiger partial charge in [0.1, 0.15) is 0 Å². The Labute approximate surface area is 124 Å². The first-order valence-corrected chi connectivity index (χ1v) is 8.68. The third kappa shape index (κ3) is 3.25. The van der Waals surface area contributed by atoms with Crippen LogP contribution >= 0.6 is 0 Å². The molecular weight excluding hydrogens is 242 g/mol. The van der Waals surface area contributed by atoms with Crippen LogP contribution in [0.1, 0.15) is 55.7 Å². The molecule has 1 aromatic carbocycles. The maximum atomic E-state index is 3.63. The van der Waals surface area contributed by atoms with Gasteiger partial charge < -0.3 is 5.32 Å². The molecule has 2 aliphatic carbocycles. The van der Waals surface area contributed by atoms with E-state index in [2.05, 4.69) is 30.4 Å². The Morgan fingerprint density at radius 1 is 1.05 bits per heavy atom. The second-order valence-electron chi connectivity index (χ2n) is 6.82. The van der Waals surface area contributed by atoms with Crippen molar-refractivity contribution in [3.8, 4) is 0 Å². The van der Waals surface area contributed by atoms with E-state index in [1.54, 1.807) is 16.7 Å². The molecule has 3 rings (SSSR count). The molecule has 1 fully saturated rings. The van der Waals surface area contributed by atoms with Crippen LogP contribution in [0, 0.1) is 11.8 Å². The fourth-order valence-corrected chi connectivity index (χ4v) is 4.17. The van der Waals surface area contributed by atoms with Crippen LogP contribution in [0.25, 0.3) is 0 Å². The highest BCUT2D eigenvalue weighted by atomic mass is 14.9. The van der Waals surface area contributed by atoms with Gasteiger partial charge >= 0.3 is 0 Å². The lowest BCUT2D eigenvalue weighted by atomic mass is 9.88. The van der Waals surface area contributed by atoms with E-state index in [1.807, 2.05) is 0 Å². The van der Waals surface area contributed by atoms with Crippen LogP contribution < -0.4 is 5.32 Å². The molecule has 1 saturated carbocycles. The molecule has 0 spiro atoms. The maximum Gasteiger partial charge on any atom is -0.00178 e. The standard InChI is InChI=1S/C19H29N/c1-2-11-20-14-19-8-4-7-18(19)13-15-9-10-16-5-3-6-17(16)12-15/h9-10,12,18-20H,2-8,11,13-14H2,1H3. The first-order valence-electron chi connectivity index (χ1n) is 8.68. The summed E-state index contributed by atoms with van der Waals surface area (Å²) in [5.74, 6) is 1.83. The average Bonchev–Trinajstić information content (AvgIpc) is 3.08. The summed E-state index contributed by atoms with van der Waals surface area (Å²) in [6.45, 7) is 4.68. The monoisotopic (exact) mass is 271 g/mol. The highest BCUT2D eigenvalue weighted by Crippen LogP contribution is 2.34. The maximum absolute atomic E-state index is 3.63. The van der Waals surface area contributed by atoms with Crippen molar-refractivity contribution in [1.29, 1.82) is 0 Å².